The van der Waals surface area contributed by atoms with Crippen LogP contribution in [0.1, 0.15) is 32.3 Å². The molecule has 0 amide bonds. The Bertz CT molecular complexity index is 392. The lowest BCUT2D eigenvalue weighted by atomic mass is 9.91. The van der Waals surface area contributed by atoms with Crippen LogP contribution in [-0.4, -0.2) is 9.97 Å². The third kappa shape index (κ3) is 1.98. The normalized spacial score (nSPS) is 11.8. The van der Waals surface area contributed by atoms with E-state index in [1.165, 1.54) is 0 Å². The van der Waals surface area contributed by atoms with Crippen molar-refractivity contribution in [3.63, 3.8) is 0 Å². The number of halogens is 1. The molecule has 3 N–H and O–H groups in total. The first-order valence-corrected chi connectivity index (χ1v) is 4.35. The van der Waals surface area contributed by atoms with Crippen LogP contribution in [0.3, 0.4) is 0 Å². The molecule has 0 saturated heterocycles. The fourth-order valence-corrected chi connectivity index (χ4v) is 1.10. The highest BCUT2D eigenvalue weighted by Crippen LogP contribution is 2.20. The Morgan fingerprint density at radius 1 is 1.50 bits per heavy atom. The van der Waals surface area contributed by atoms with Gasteiger partial charge >= 0.3 is 0 Å². The predicted molar refractivity (Wildman–Crippen MR) is 51.4 cm³/mol. The van der Waals surface area contributed by atoms with Crippen molar-refractivity contribution in [2.24, 2.45) is 5.73 Å². The van der Waals surface area contributed by atoms with Crippen molar-refractivity contribution in [3.05, 3.63) is 27.7 Å². The molecule has 1 rings (SSSR count). The second-order valence-electron chi connectivity index (χ2n) is 4.13. The summed E-state index contributed by atoms with van der Waals surface area (Å²) in [5.74, 6) is -0.518. The number of H-pyrrole nitrogens is 1. The van der Waals surface area contributed by atoms with Crippen LogP contribution in [0.2, 0.25) is 0 Å². The molecule has 0 atom stereocenters. The van der Waals surface area contributed by atoms with E-state index in [4.69, 9.17) is 5.73 Å². The van der Waals surface area contributed by atoms with E-state index in [1.807, 2.05) is 0 Å². The van der Waals surface area contributed by atoms with E-state index in [-0.39, 0.29) is 12.2 Å². The third-order valence-corrected chi connectivity index (χ3v) is 1.82. The lowest BCUT2D eigenvalue weighted by molar-refractivity contribution is 0.486. The van der Waals surface area contributed by atoms with Crippen molar-refractivity contribution in [3.8, 4) is 0 Å². The average molecular weight is 199 g/mol. The minimum absolute atomic E-state index is 0.0958. The van der Waals surface area contributed by atoms with Crippen molar-refractivity contribution in [2.45, 2.75) is 32.7 Å². The van der Waals surface area contributed by atoms with Crippen LogP contribution >= 0.6 is 0 Å². The van der Waals surface area contributed by atoms with E-state index >= 15 is 0 Å². The zero-order valence-corrected chi connectivity index (χ0v) is 8.52. The van der Waals surface area contributed by atoms with Crippen molar-refractivity contribution >= 4 is 0 Å². The van der Waals surface area contributed by atoms with Gasteiger partial charge in [-0.05, 0) is 0 Å². The fourth-order valence-electron chi connectivity index (χ4n) is 1.10. The van der Waals surface area contributed by atoms with E-state index in [0.29, 0.717) is 5.82 Å². The third-order valence-electron chi connectivity index (χ3n) is 1.82. The predicted octanol–water partition coefficient (Wildman–Crippen LogP) is 0.665. The van der Waals surface area contributed by atoms with Gasteiger partial charge < -0.3 is 10.7 Å². The second kappa shape index (κ2) is 3.49. The molecule has 4 nitrogen and oxygen atoms in total. The van der Waals surface area contributed by atoms with Gasteiger partial charge in [0.15, 0.2) is 0 Å². The molecule has 0 spiro atoms. The Kier molecular flexibility index (Phi) is 2.71. The molecular formula is C9H14FN3O. The van der Waals surface area contributed by atoms with E-state index < -0.39 is 16.8 Å². The monoisotopic (exact) mass is 199 g/mol. The van der Waals surface area contributed by atoms with Crippen LogP contribution in [-0.2, 0) is 12.0 Å². The first-order valence-electron chi connectivity index (χ1n) is 4.35. The highest BCUT2D eigenvalue weighted by atomic mass is 19.1. The molecule has 0 saturated carbocycles. The average Bonchev–Trinajstić information content (AvgIpc) is 2.07. The van der Waals surface area contributed by atoms with E-state index in [2.05, 4.69) is 9.97 Å². The van der Waals surface area contributed by atoms with Crippen LogP contribution in [0.5, 0.6) is 0 Å². The Balaban J connectivity index is 3.43. The quantitative estimate of drug-likeness (QED) is 0.698. The molecule has 1 aromatic rings. The van der Waals surface area contributed by atoms with Crippen LogP contribution in [0.4, 0.5) is 4.39 Å². The first-order chi connectivity index (χ1) is 6.36. The molecule has 1 heterocycles. The largest absolute Gasteiger partial charge is 0.324 e. The molecule has 0 radical (unpaired) electrons. The van der Waals surface area contributed by atoms with Crippen molar-refractivity contribution in [1.82, 2.24) is 9.97 Å². The molecule has 0 aliphatic rings. The summed E-state index contributed by atoms with van der Waals surface area (Å²) in [6.07, 6.45) is 0. The minimum atomic E-state index is -0.824. The lowest BCUT2D eigenvalue weighted by Crippen LogP contribution is -2.26. The minimum Gasteiger partial charge on any atom is -0.324 e. The van der Waals surface area contributed by atoms with Gasteiger partial charge in [0.2, 0.25) is 5.82 Å². The summed E-state index contributed by atoms with van der Waals surface area (Å²) in [6, 6.07) is 0. The summed E-state index contributed by atoms with van der Waals surface area (Å²) >= 11 is 0. The van der Waals surface area contributed by atoms with Gasteiger partial charge in [0.1, 0.15) is 5.82 Å². The van der Waals surface area contributed by atoms with Crippen LogP contribution in [0, 0.1) is 5.82 Å². The molecule has 0 aromatic carbocycles. The Hall–Kier alpha value is -1.23. The summed E-state index contributed by atoms with van der Waals surface area (Å²) in [6.45, 7) is 5.47. The summed E-state index contributed by atoms with van der Waals surface area (Å²) in [4.78, 5) is 17.4. The molecule has 0 aliphatic heterocycles. The van der Waals surface area contributed by atoms with Crippen molar-refractivity contribution < 1.29 is 4.39 Å². The topological polar surface area (TPSA) is 71.8 Å². The number of nitrogens with zero attached hydrogens (tertiary/aromatic N) is 1. The molecule has 5 heteroatoms. The fraction of sp³-hybridized carbons (Fsp3) is 0.556. The molecule has 0 bridgehead atoms. The number of rotatable bonds is 1. The maximum Gasteiger partial charge on any atom is 0.287 e. The molecule has 1 aromatic heterocycles. The maximum atomic E-state index is 13.4. The van der Waals surface area contributed by atoms with Crippen LogP contribution in [0.25, 0.3) is 0 Å². The number of hydrogen-bond acceptors (Lipinski definition) is 3. The van der Waals surface area contributed by atoms with Crippen LogP contribution < -0.4 is 11.3 Å². The summed E-state index contributed by atoms with van der Waals surface area (Å²) in [7, 11) is 0. The maximum absolute atomic E-state index is 13.4. The molecule has 78 valence electrons. The van der Waals surface area contributed by atoms with Crippen molar-refractivity contribution in [2.75, 3.05) is 0 Å². The van der Waals surface area contributed by atoms with Gasteiger partial charge in [-0.25, -0.2) is 4.98 Å². The van der Waals surface area contributed by atoms with Gasteiger partial charge in [0.25, 0.3) is 5.56 Å². The van der Waals surface area contributed by atoms with Gasteiger partial charge in [0, 0.05) is 5.41 Å². The van der Waals surface area contributed by atoms with E-state index in [9.17, 15) is 9.18 Å². The van der Waals surface area contributed by atoms with Gasteiger partial charge in [-0.1, -0.05) is 20.8 Å². The highest BCUT2D eigenvalue weighted by Gasteiger charge is 2.23. The number of nitrogens with two attached hydrogens (primary N) is 1. The summed E-state index contributed by atoms with van der Waals surface area (Å²) < 4.78 is 13.4. The van der Waals surface area contributed by atoms with E-state index in [0.717, 1.165) is 0 Å². The first kappa shape index (κ1) is 10.8. The van der Waals surface area contributed by atoms with Gasteiger partial charge in [-0.3, -0.25) is 4.79 Å². The molecular weight excluding hydrogens is 185 g/mol. The Morgan fingerprint density at radius 3 is 2.50 bits per heavy atom. The molecule has 0 fully saturated rings. The molecule has 14 heavy (non-hydrogen) atoms. The molecule has 0 aliphatic carbocycles. The smallest absolute Gasteiger partial charge is 0.287 e. The SMILES string of the molecule is CC(C)(C)c1nc(CN)[nH]c(=O)c1F. The van der Waals surface area contributed by atoms with E-state index in [1.54, 1.807) is 20.8 Å². The lowest BCUT2D eigenvalue weighted by Gasteiger charge is -2.18. The second-order valence-corrected chi connectivity index (χ2v) is 4.13. The summed E-state index contributed by atoms with van der Waals surface area (Å²) in [5.41, 5.74) is 4.22. The summed E-state index contributed by atoms with van der Waals surface area (Å²) in [5, 5.41) is 0. The highest BCUT2D eigenvalue weighted by molar-refractivity contribution is 5.14. The van der Waals surface area contributed by atoms with Gasteiger partial charge in [0.05, 0.1) is 12.2 Å². The number of aromatic nitrogens is 2. The Morgan fingerprint density at radius 2 is 2.07 bits per heavy atom. The number of nitrogens with one attached hydrogen (secondary N) is 1. The van der Waals surface area contributed by atoms with Gasteiger partial charge in [-0.15, -0.1) is 0 Å². The standard InChI is InChI=1S/C9H14FN3O/c1-9(2,3)7-6(10)8(14)13-5(4-11)12-7/h4,11H2,1-3H3,(H,12,13,14). The van der Waals surface area contributed by atoms with Crippen molar-refractivity contribution in [1.29, 1.82) is 0 Å². The van der Waals surface area contributed by atoms with Gasteiger partial charge in [-0.2, -0.15) is 4.39 Å². The number of aromatic amines is 1. The zero-order valence-electron chi connectivity index (χ0n) is 8.52. The Labute approximate surface area is 81.4 Å². The molecule has 0 unspecified atom stereocenters. The zero-order chi connectivity index (χ0) is 10.9. The van der Waals surface area contributed by atoms with Crippen LogP contribution in [0.15, 0.2) is 4.79 Å². The number of hydrogen-bond donors (Lipinski definition) is 2.